The summed E-state index contributed by atoms with van der Waals surface area (Å²) in [7, 11) is 0. The molecule has 0 nitrogen and oxygen atoms in total. The molecular weight excluding hydrogens is 188 g/mol. The molecule has 74 valence electrons. The molecule has 14 heavy (non-hydrogen) atoms. The van der Waals surface area contributed by atoms with Crippen LogP contribution in [0.1, 0.15) is 37.8 Å². The smallest absolute Gasteiger partial charge is 0.0348 e. The van der Waals surface area contributed by atoms with Gasteiger partial charge in [0.05, 0.1) is 0 Å². The van der Waals surface area contributed by atoms with Gasteiger partial charge in [-0.05, 0) is 40.3 Å². The van der Waals surface area contributed by atoms with Crippen molar-refractivity contribution in [2.75, 3.05) is 0 Å². The van der Waals surface area contributed by atoms with Crippen molar-refractivity contribution >= 4 is 21.4 Å². The lowest BCUT2D eigenvalue weighted by atomic mass is 10.0. The molecule has 2 aromatic rings. The Balaban J connectivity index is 2.59. The van der Waals surface area contributed by atoms with Crippen LogP contribution in [0.3, 0.4) is 0 Å². The summed E-state index contributed by atoms with van der Waals surface area (Å²) in [6, 6.07) is 6.85. The van der Waals surface area contributed by atoms with Crippen molar-refractivity contribution in [2.24, 2.45) is 0 Å². The van der Waals surface area contributed by atoms with Crippen LogP contribution in [0.4, 0.5) is 0 Å². The van der Waals surface area contributed by atoms with Gasteiger partial charge in [0.1, 0.15) is 0 Å². The number of hydrogen-bond acceptors (Lipinski definition) is 1. The van der Waals surface area contributed by atoms with Crippen LogP contribution in [0.2, 0.25) is 0 Å². The van der Waals surface area contributed by atoms with E-state index in [-0.39, 0.29) is 0 Å². The Morgan fingerprint density at radius 2 is 2.07 bits per heavy atom. The van der Waals surface area contributed by atoms with Crippen molar-refractivity contribution in [3.8, 4) is 0 Å². The molecule has 0 spiro atoms. The molecule has 0 amide bonds. The van der Waals surface area contributed by atoms with E-state index >= 15 is 0 Å². The van der Waals surface area contributed by atoms with Gasteiger partial charge in [-0.15, -0.1) is 11.3 Å². The summed E-state index contributed by atoms with van der Waals surface area (Å²) in [6.45, 7) is 6.72. The Bertz CT molecular complexity index is 437. The molecular formula is C13H16S. The van der Waals surface area contributed by atoms with Crippen LogP contribution in [0.15, 0.2) is 23.6 Å². The zero-order valence-electron chi connectivity index (χ0n) is 9.00. The monoisotopic (exact) mass is 204 g/mol. The van der Waals surface area contributed by atoms with Crippen molar-refractivity contribution in [1.82, 2.24) is 0 Å². The number of hydrogen-bond donors (Lipinski definition) is 0. The van der Waals surface area contributed by atoms with Crippen molar-refractivity contribution in [3.05, 3.63) is 34.7 Å². The topological polar surface area (TPSA) is 0 Å². The Morgan fingerprint density at radius 3 is 2.71 bits per heavy atom. The summed E-state index contributed by atoms with van der Waals surface area (Å²) in [5.41, 5.74) is 2.93. The molecule has 0 saturated heterocycles. The molecule has 0 aliphatic carbocycles. The molecule has 1 heteroatoms. The van der Waals surface area contributed by atoms with Gasteiger partial charge in [0, 0.05) is 4.70 Å². The van der Waals surface area contributed by atoms with Gasteiger partial charge in [0.2, 0.25) is 0 Å². The summed E-state index contributed by atoms with van der Waals surface area (Å²) >= 11 is 1.87. The second-order valence-electron chi connectivity index (χ2n) is 4.03. The summed E-state index contributed by atoms with van der Waals surface area (Å²) in [6.07, 6.45) is 1.13. The highest BCUT2D eigenvalue weighted by molar-refractivity contribution is 7.17. The molecule has 0 unspecified atom stereocenters. The Kier molecular flexibility index (Phi) is 2.60. The fourth-order valence-electron chi connectivity index (χ4n) is 1.76. The number of rotatable bonds is 2. The van der Waals surface area contributed by atoms with Crippen LogP contribution in [-0.2, 0) is 6.42 Å². The maximum Gasteiger partial charge on any atom is 0.0348 e. The number of benzene rings is 1. The molecule has 0 atom stereocenters. The largest absolute Gasteiger partial charge is 0.144 e. The number of fused-ring (bicyclic) bond motifs is 1. The SMILES string of the molecule is CCc1ccc2c(C(C)C)csc2c1. The Hall–Kier alpha value is -0.820. The van der Waals surface area contributed by atoms with Gasteiger partial charge in [0.25, 0.3) is 0 Å². The Morgan fingerprint density at radius 1 is 1.29 bits per heavy atom. The second kappa shape index (κ2) is 3.74. The third-order valence-electron chi connectivity index (χ3n) is 2.70. The van der Waals surface area contributed by atoms with E-state index in [2.05, 4.69) is 44.4 Å². The fraction of sp³-hybridized carbons (Fsp3) is 0.385. The summed E-state index contributed by atoms with van der Waals surface area (Å²) in [4.78, 5) is 0. The van der Waals surface area contributed by atoms with Gasteiger partial charge in [-0.2, -0.15) is 0 Å². The van der Waals surface area contributed by atoms with Gasteiger partial charge >= 0.3 is 0 Å². The third-order valence-corrected chi connectivity index (χ3v) is 3.66. The van der Waals surface area contributed by atoms with Gasteiger partial charge < -0.3 is 0 Å². The molecule has 0 N–H and O–H groups in total. The lowest BCUT2D eigenvalue weighted by Gasteiger charge is -2.03. The van der Waals surface area contributed by atoms with Crippen molar-refractivity contribution in [3.63, 3.8) is 0 Å². The average molecular weight is 204 g/mol. The standard InChI is InChI=1S/C13H16S/c1-4-10-5-6-11-12(9(2)3)8-14-13(11)7-10/h5-9H,4H2,1-3H3. The predicted molar refractivity (Wildman–Crippen MR) is 65.3 cm³/mol. The molecule has 0 saturated carbocycles. The highest BCUT2D eigenvalue weighted by Crippen LogP contribution is 2.31. The minimum absolute atomic E-state index is 0.635. The lowest BCUT2D eigenvalue weighted by Crippen LogP contribution is -1.84. The van der Waals surface area contributed by atoms with Crippen LogP contribution in [0.5, 0.6) is 0 Å². The first-order chi connectivity index (χ1) is 6.72. The van der Waals surface area contributed by atoms with Gasteiger partial charge in [-0.3, -0.25) is 0 Å². The number of aryl methyl sites for hydroxylation is 1. The predicted octanol–water partition coefficient (Wildman–Crippen LogP) is 4.59. The highest BCUT2D eigenvalue weighted by Gasteiger charge is 2.07. The number of thiophene rings is 1. The van der Waals surface area contributed by atoms with Crippen LogP contribution in [0, 0.1) is 0 Å². The van der Waals surface area contributed by atoms with E-state index in [9.17, 15) is 0 Å². The first-order valence-electron chi connectivity index (χ1n) is 5.22. The van der Waals surface area contributed by atoms with Crippen LogP contribution in [-0.4, -0.2) is 0 Å². The van der Waals surface area contributed by atoms with Crippen molar-refractivity contribution < 1.29 is 0 Å². The van der Waals surface area contributed by atoms with Gasteiger partial charge in [-0.1, -0.05) is 32.9 Å². The minimum atomic E-state index is 0.635. The van der Waals surface area contributed by atoms with E-state index in [1.54, 1.807) is 0 Å². The van der Waals surface area contributed by atoms with Crippen LogP contribution in [0.25, 0.3) is 10.1 Å². The molecule has 1 heterocycles. The van der Waals surface area contributed by atoms with Crippen molar-refractivity contribution in [1.29, 1.82) is 0 Å². The second-order valence-corrected chi connectivity index (χ2v) is 4.94. The normalized spacial score (nSPS) is 11.4. The van der Waals surface area contributed by atoms with E-state index < -0.39 is 0 Å². The molecule has 0 aliphatic rings. The van der Waals surface area contributed by atoms with Crippen LogP contribution < -0.4 is 0 Å². The summed E-state index contributed by atoms with van der Waals surface area (Å²) in [5, 5.41) is 3.75. The zero-order valence-corrected chi connectivity index (χ0v) is 9.82. The summed E-state index contributed by atoms with van der Waals surface area (Å²) in [5.74, 6) is 0.635. The maximum absolute atomic E-state index is 2.33. The Labute approximate surface area is 89.6 Å². The van der Waals surface area contributed by atoms with E-state index in [4.69, 9.17) is 0 Å². The highest BCUT2D eigenvalue weighted by atomic mass is 32.1. The first-order valence-corrected chi connectivity index (χ1v) is 6.10. The van der Waals surface area contributed by atoms with E-state index in [1.807, 2.05) is 11.3 Å². The molecule has 0 aliphatic heterocycles. The maximum atomic E-state index is 2.33. The zero-order chi connectivity index (χ0) is 10.1. The first kappa shape index (κ1) is 9.72. The van der Waals surface area contributed by atoms with E-state index in [1.165, 1.54) is 21.2 Å². The molecule has 1 aromatic heterocycles. The van der Waals surface area contributed by atoms with Crippen molar-refractivity contribution in [2.45, 2.75) is 33.1 Å². The minimum Gasteiger partial charge on any atom is -0.144 e. The molecule has 1 aromatic carbocycles. The molecule has 2 rings (SSSR count). The van der Waals surface area contributed by atoms with E-state index in [0.717, 1.165) is 6.42 Å². The fourth-order valence-corrected chi connectivity index (χ4v) is 2.95. The van der Waals surface area contributed by atoms with Crippen LogP contribution >= 0.6 is 11.3 Å². The molecule has 0 radical (unpaired) electrons. The third kappa shape index (κ3) is 1.57. The molecule has 0 bridgehead atoms. The van der Waals surface area contributed by atoms with E-state index in [0.29, 0.717) is 5.92 Å². The average Bonchev–Trinajstić information content (AvgIpc) is 2.59. The summed E-state index contributed by atoms with van der Waals surface area (Å²) < 4.78 is 1.44. The van der Waals surface area contributed by atoms with Gasteiger partial charge in [0.15, 0.2) is 0 Å². The quantitative estimate of drug-likeness (QED) is 0.671. The van der Waals surface area contributed by atoms with Gasteiger partial charge in [-0.25, -0.2) is 0 Å². The molecule has 0 fully saturated rings. The lowest BCUT2D eigenvalue weighted by molar-refractivity contribution is 0.880.